The number of halogens is 1. The third-order valence-electron chi connectivity index (χ3n) is 3.69. The van der Waals surface area contributed by atoms with Gasteiger partial charge in [-0.05, 0) is 48.7 Å². The predicted molar refractivity (Wildman–Crippen MR) is 91.1 cm³/mol. The summed E-state index contributed by atoms with van der Waals surface area (Å²) < 4.78 is 5.91. The van der Waals surface area contributed by atoms with Gasteiger partial charge in [-0.3, -0.25) is 4.99 Å². The molecule has 3 nitrogen and oxygen atoms in total. The van der Waals surface area contributed by atoms with E-state index in [1.807, 2.05) is 32.0 Å². The highest BCUT2D eigenvalue weighted by molar-refractivity contribution is 6.32. The lowest BCUT2D eigenvalue weighted by molar-refractivity contribution is 0.306. The molecular weight excluding hydrogens is 296 g/mol. The maximum absolute atomic E-state index is 6.18. The molecule has 0 unspecified atom stereocenters. The summed E-state index contributed by atoms with van der Waals surface area (Å²) in [5.41, 5.74) is 4.31. The number of nitrogens with one attached hydrogen (secondary N) is 1. The van der Waals surface area contributed by atoms with Crippen molar-refractivity contribution in [2.45, 2.75) is 20.5 Å². The highest BCUT2D eigenvalue weighted by atomic mass is 35.5. The van der Waals surface area contributed by atoms with Gasteiger partial charge in [-0.1, -0.05) is 29.8 Å². The lowest BCUT2D eigenvalue weighted by Gasteiger charge is -2.11. The van der Waals surface area contributed by atoms with Gasteiger partial charge in [0.1, 0.15) is 18.2 Å². The summed E-state index contributed by atoms with van der Waals surface area (Å²) in [6, 6.07) is 12.2. The van der Waals surface area contributed by atoms with E-state index in [4.69, 9.17) is 16.3 Å². The number of hydrogen-bond donors (Lipinski definition) is 1. The van der Waals surface area contributed by atoms with Crippen LogP contribution in [0.25, 0.3) is 0 Å². The van der Waals surface area contributed by atoms with E-state index in [-0.39, 0.29) is 0 Å². The topological polar surface area (TPSA) is 33.6 Å². The molecule has 1 N–H and O–H groups in total. The maximum atomic E-state index is 6.18. The quantitative estimate of drug-likeness (QED) is 0.929. The largest absolute Gasteiger partial charge is 0.489 e. The highest BCUT2D eigenvalue weighted by Gasteiger charge is 2.09. The zero-order valence-electron chi connectivity index (χ0n) is 12.8. The van der Waals surface area contributed by atoms with Crippen LogP contribution in [-0.2, 0) is 6.61 Å². The van der Waals surface area contributed by atoms with E-state index in [1.54, 1.807) is 0 Å². The third kappa shape index (κ3) is 3.25. The van der Waals surface area contributed by atoms with Crippen molar-refractivity contribution in [3.63, 3.8) is 0 Å². The fourth-order valence-corrected chi connectivity index (χ4v) is 2.66. The van der Waals surface area contributed by atoms with Crippen LogP contribution in [0.15, 0.2) is 41.4 Å². The molecule has 114 valence electrons. The Morgan fingerprint density at radius 2 is 1.95 bits per heavy atom. The Hall–Kier alpha value is -2.00. The monoisotopic (exact) mass is 314 g/mol. The smallest absolute Gasteiger partial charge is 0.128 e. The van der Waals surface area contributed by atoms with Crippen LogP contribution < -0.4 is 10.1 Å². The number of rotatable bonds is 4. The molecule has 1 aliphatic heterocycles. The van der Waals surface area contributed by atoms with Crippen molar-refractivity contribution in [3.05, 3.63) is 63.7 Å². The first-order valence-electron chi connectivity index (χ1n) is 7.40. The normalized spacial score (nSPS) is 13.7. The summed E-state index contributed by atoms with van der Waals surface area (Å²) in [6.45, 7) is 6.28. The molecular formula is C18H19ClN2O. The van der Waals surface area contributed by atoms with Gasteiger partial charge in [0, 0.05) is 17.1 Å². The fraction of sp³-hybridized carbons (Fsp3) is 0.278. The molecule has 0 spiro atoms. The van der Waals surface area contributed by atoms with Gasteiger partial charge in [0.15, 0.2) is 0 Å². The molecule has 0 aliphatic carbocycles. The van der Waals surface area contributed by atoms with E-state index in [0.717, 1.165) is 52.0 Å². The number of aliphatic imine (C=N–C) groups is 1. The molecule has 3 rings (SSSR count). The molecule has 2 aromatic carbocycles. The lowest BCUT2D eigenvalue weighted by atomic mass is 10.1. The van der Waals surface area contributed by atoms with Crippen molar-refractivity contribution in [2.75, 3.05) is 13.1 Å². The second kappa shape index (κ2) is 6.41. The zero-order valence-corrected chi connectivity index (χ0v) is 13.6. The molecule has 0 bridgehead atoms. The Morgan fingerprint density at radius 1 is 1.18 bits per heavy atom. The van der Waals surface area contributed by atoms with Crippen LogP contribution >= 0.6 is 11.6 Å². The van der Waals surface area contributed by atoms with Crippen molar-refractivity contribution in [1.29, 1.82) is 0 Å². The molecule has 22 heavy (non-hydrogen) atoms. The van der Waals surface area contributed by atoms with Crippen molar-refractivity contribution in [3.8, 4) is 5.75 Å². The number of nitrogens with zero attached hydrogens (tertiary/aromatic N) is 1. The number of hydrogen-bond acceptors (Lipinski definition) is 3. The first kappa shape index (κ1) is 14.9. The van der Waals surface area contributed by atoms with Gasteiger partial charge in [0.2, 0.25) is 0 Å². The first-order chi connectivity index (χ1) is 10.6. The first-order valence-corrected chi connectivity index (χ1v) is 7.78. The number of amidine groups is 1. The Labute approximate surface area is 136 Å². The summed E-state index contributed by atoms with van der Waals surface area (Å²) in [5.74, 6) is 1.82. The van der Waals surface area contributed by atoms with E-state index in [9.17, 15) is 0 Å². The van der Waals surface area contributed by atoms with E-state index < -0.39 is 0 Å². The Bertz CT molecular complexity index is 702. The van der Waals surface area contributed by atoms with Crippen molar-refractivity contribution >= 4 is 17.4 Å². The molecule has 1 aliphatic rings. The van der Waals surface area contributed by atoms with Crippen molar-refractivity contribution in [1.82, 2.24) is 5.32 Å². The second-order valence-corrected chi connectivity index (χ2v) is 5.90. The van der Waals surface area contributed by atoms with Crippen LogP contribution in [0.1, 0.15) is 22.3 Å². The van der Waals surface area contributed by atoms with E-state index in [0.29, 0.717) is 6.61 Å². The van der Waals surface area contributed by atoms with E-state index in [2.05, 4.69) is 28.5 Å². The Balaban J connectivity index is 1.73. The summed E-state index contributed by atoms with van der Waals surface area (Å²) in [5, 5.41) is 4.09. The SMILES string of the molecule is Cc1cc(OCc2cccc(C3=NCCN3)c2)cc(C)c1Cl. The molecule has 0 fully saturated rings. The summed E-state index contributed by atoms with van der Waals surface area (Å²) in [7, 11) is 0. The Kier molecular flexibility index (Phi) is 4.34. The number of ether oxygens (including phenoxy) is 1. The molecule has 2 aromatic rings. The molecule has 0 amide bonds. The van der Waals surface area contributed by atoms with Crippen LogP contribution in [0, 0.1) is 13.8 Å². The summed E-state index contributed by atoms with van der Waals surface area (Å²) in [6.07, 6.45) is 0. The average molecular weight is 315 g/mol. The van der Waals surface area contributed by atoms with Gasteiger partial charge in [-0.15, -0.1) is 0 Å². The van der Waals surface area contributed by atoms with Crippen LogP contribution in [0.5, 0.6) is 5.75 Å². The van der Waals surface area contributed by atoms with Gasteiger partial charge >= 0.3 is 0 Å². The average Bonchev–Trinajstić information content (AvgIpc) is 3.05. The predicted octanol–water partition coefficient (Wildman–Crippen LogP) is 3.89. The molecule has 0 atom stereocenters. The molecule has 1 heterocycles. The van der Waals surface area contributed by atoms with E-state index in [1.165, 1.54) is 0 Å². The Morgan fingerprint density at radius 3 is 2.64 bits per heavy atom. The zero-order chi connectivity index (χ0) is 15.5. The number of aryl methyl sites for hydroxylation is 2. The number of benzene rings is 2. The molecule has 0 aromatic heterocycles. The summed E-state index contributed by atoms with van der Waals surface area (Å²) >= 11 is 6.18. The van der Waals surface area contributed by atoms with Gasteiger partial charge in [-0.2, -0.15) is 0 Å². The standard InChI is InChI=1S/C18H19ClN2O/c1-12-8-16(9-13(2)17(12)19)22-11-14-4-3-5-15(10-14)18-20-6-7-21-18/h3-5,8-10H,6-7,11H2,1-2H3,(H,20,21). The maximum Gasteiger partial charge on any atom is 0.128 e. The van der Waals surface area contributed by atoms with Gasteiger partial charge in [-0.25, -0.2) is 0 Å². The van der Waals surface area contributed by atoms with Crippen LogP contribution in [0.4, 0.5) is 0 Å². The van der Waals surface area contributed by atoms with Crippen LogP contribution in [-0.4, -0.2) is 18.9 Å². The minimum atomic E-state index is 0.529. The van der Waals surface area contributed by atoms with E-state index >= 15 is 0 Å². The van der Waals surface area contributed by atoms with Gasteiger partial charge in [0.05, 0.1) is 6.54 Å². The van der Waals surface area contributed by atoms with Crippen molar-refractivity contribution < 1.29 is 4.74 Å². The fourth-order valence-electron chi connectivity index (χ4n) is 2.56. The van der Waals surface area contributed by atoms with Crippen LogP contribution in [0.2, 0.25) is 5.02 Å². The third-order valence-corrected chi connectivity index (χ3v) is 4.29. The molecule has 0 saturated carbocycles. The lowest BCUT2D eigenvalue weighted by Crippen LogP contribution is -2.19. The minimum absolute atomic E-state index is 0.529. The molecule has 0 radical (unpaired) electrons. The van der Waals surface area contributed by atoms with Gasteiger partial charge < -0.3 is 10.1 Å². The van der Waals surface area contributed by atoms with Crippen molar-refractivity contribution in [2.24, 2.45) is 4.99 Å². The molecule has 4 heteroatoms. The van der Waals surface area contributed by atoms with Gasteiger partial charge in [0.25, 0.3) is 0 Å². The second-order valence-electron chi connectivity index (χ2n) is 5.52. The van der Waals surface area contributed by atoms with Crippen LogP contribution in [0.3, 0.4) is 0 Å². The minimum Gasteiger partial charge on any atom is -0.489 e. The summed E-state index contributed by atoms with van der Waals surface area (Å²) in [4.78, 5) is 4.45. The highest BCUT2D eigenvalue weighted by Crippen LogP contribution is 2.26. The molecule has 0 saturated heterocycles.